The molecule has 0 aromatic carbocycles. The molecule has 5 nitrogen and oxygen atoms in total. The third-order valence-corrected chi connectivity index (χ3v) is 5.34. The maximum atomic E-state index is 12.3. The highest BCUT2D eigenvalue weighted by atomic mass is 32.2. The zero-order valence-electron chi connectivity index (χ0n) is 13.7. The van der Waals surface area contributed by atoms with E-state index in [1.54, 1.807) is 11.8 Å². The van der Waals surface area contributed by atoms with E-state index in [2.05, 4.69) is 21.0 Å². The molecule has 6 heteroatoms. The van der Waals surface area contributed by atoms with Crippen LogP contribution in [0.2, 0.25) is 0 Å². The monoisotopic (exact) mass is 340 g/mol. The summed E-state index contributed by atoms with van der Waals surface area (Å²) >= 11 is 1.59. The number of carbonyl (C=O) groups excluding carboxylic acids is 1. The van der Waals surface area contributed by atoms with Crippen LogP contribution in [0.25, 0.3) is 21.9 Å². The van der Waals surface area contributed by atoms with Gasteiger partial charge in [-0.05, 0) is 36.8 Å². The quantitative estimate of drug-likeness (QED) is 0.795. The van der Waals surface area contributed by atoms with Crippen molar-refractivity contribution >= 4 is 39.6 Å². The maximum Gasteiger partial charge on any atom is 0.232 e. The fourth-order valence-corrected chi connectivity index (χ4v) is 4.13. The van der Waals surface area contributed by atoms with Gasteiger partial charge in [-0.1, -0.05) is 0 Å². The average Bonchev–Trinajstić information content (AvgIpc) is 3.10. The Hall–Kier alpha value is -2.08. The van der Waals surface area contributed by atoms with Gasteiger partial charge in [-0.3, -0.25) is 4.79 Å². The summed E-state index contributed by atoms with van der Waals surface area (Å²) in [7, 11) is 0. The number of piperidine rings is 1. The molecule has 1 fully saturated rings. The van der Waals surface area contributed by atoms with E-state index in [-0.39, 0.29) is 5.91 Å². The summed E-state index contributed by atoms with van der Waals surface area (Å²) in [6.45, 7) is 1.68. The molecule has 0 spiro atoms. The van der Waals surface area contributed by atoms with Crippen LogP contribution in [0, 0.1) is 0 Å². The number of nitrogens with one attached hydrogen (secondary N) is 1. The second-order valence-electron chi connectivity index (χ2n) is 6.27. The predicted octanol–water partition coefficient (Wildman–Crippen LogP) is 3.18. The molecule has 1 amide bonds. The molecule has 1 unspecified atom stereocenters. The third-order valence-electron chi connectivity index (χ3n) is 4.81. The summed E-state index contributed by atoms with van der Waals surface area (Å²) in [4.78, 5) is 26.3. The van der Waals surface area contributed by atoms with E-state index in [1.165, 1.54) is 10.9 Å². The SMILES string of the molecule is CSCC(=O)N1CCCC(c2cc[nH]c3cnc4nccc4c23)C1. The van der Waals surface area contributed by atoms with Gasteiger partial charge in [0.15, 0.2) is 5.65 Å². The second kappa shape index (κ2) is 6.43. The van der Waals surface area contributed by atoms with Crippen molar-refractivity contribution in [3.8, 4) is 0 Å². The first-order valence-electron chi connectivity index (χ1n) is 8.25. The van der Waals surface area contributed by atoms with E-state index in [0.717, 1.165) is 42.5 Å². The van der Waals surface area contributed by atoms with E-state index in [4.69, 9.17) is 0 Å². The molecule has 1 aliphatic rings. The van der Waals surface area contributed by atoms with Crippen LogP contribution in [0.5, 0.6) is 0 Å². The van der Waals surface area contributed by atoms with Crippen LogP contribution in [0.3, 0.4) is 0 Å². The van der Waals surface area contributed by atoms with Crippen LogP contribution >= 0.6 is 11.8 Å². The zero-order chi connectivity index (χ0) is 16.5. The van der Waals surface area contributed by atoms with E-state index in [1.807, 2.05) is 35.8 Å². The van der Waals surface area contributed by atoms with Gasteiger partial charge in [0.05, 0.1) is 17.5 Å². The second-order valence-corrected chi connectivity index (χ2v) is 7.14. The van der Waals surface area contributed by atoms with E-state index >= 15 is 0 Å². The Kier molecular flexibility index (Phi) is 4.14. The summed E-state index contributed by atoms with van der Waals surface area (Å²) in [6.07, 6.45) is 9.78. The van der Waals surface area contributed by atoms with Gasteiger partial charge in [0, 0.05) is 42.2 Å². The number of H-pyrrole nitrogens is 1. The first-order valence-corrected chi connectivity index (χ1v) is 9.64. The number of nitrogens with zero attached hydrogens (tertiary/aromatic N) is 3. The van der Waals surface area contributed by atoms with Crippen LogP contribution in [-0.2, 0) is 4.79 Å². The van der Waals surface area contributed by atoms with Gasteiger partial charge in [-0.15, -0.1) is 0 Å². The molecule has 0 aliphatic carbocycles. The van der Waals surface area contributed by atoms with Crippen LogP contribution in [0.4, 0.5) is 0 Å². The fourth-order valence-electron chi connectivity index (χ4n) is 3.70. The molecule has 1 atom stereocenters. The van der Waals surface area contributed by atoms with Crippen molar-refractivity contribution in [1.29, 1.82) is 0 Å². The largest absolute Gasteiger partial charge is 0.360 e. The van der Waals surface area contributed by atoms with Crippen molar-refractivity contribution in [3.63, 3.8) is 0 Å². The number of hydrogen-bond donors (Lipinski definition) is 1. The lowest BCUT2D eigenvalue weighted by Gasteiger charge is -2.33. The highest BCUT2D eigenvalue weighted by Gasteiger charge is 2.26. The number of hydrogen-bond acceptors (Lipinski definition) is 4. The van der Waals surface area contributed by atoms with Gasteiger partial charge in [-0.25, -0.2) is 9.97 Å². The zero-order valence-corrected chi connectivity index (χ0v) is 14.5. The van der Waals surface area contributed by atoms with Gasteiger partial charge in [0.25, 0.3) is 0 Å². The Bertz CT molecular complexity index is 891. The van der Waals surface area contributed by atoms with Crippen LogP contribution in [0.15, 0.2) is 30.7 Å². The van der Waals surface area contributed by atoms with Crippen LogP contribution < -0.4 is 0 Å². The number of aromatic amines is 1. The number of rotatable bonds is 3. The van der Waals surface area contributed by atoms with Gasteiger partial charge in [-0.2, -0.15) is 11.8 Å². The lowest BCUT2D eigenvalue weighted by molar-refractivity contribution is -0.129. The first kappa shape index (κ1) is 15.4. The number of carbonyl (C=O) groups is 1. The molecule has 3 aromatic rings. The van der Waals surface area contributed by atoms with E-state index in [0.29, 0.717) is 11.7 Å². The normalized spacial score (nSPS) is 18.4. The first-order chi connectivity index (χ1) is 11.8. The molecule has 0 saturated carbocycles. The summed E-state index contributed by atoms with van der Waals surface area (Å²) < 4.78 is 0. The number of thioether (sulfide) groups is 1. The molecule has 1 aliphatic heterocycles. The minimum atomic E-state index is 0.251. The Morgan fingerprint density at radius 1 is 1.42 bits per heavy atom. The van der Waals surface area contributed by atoms with Gasteiger partial charge in [0.2, 0.25) is 5.91 Å². The summed E-state index contributed by atoms with van der Waals surface area (Å²) in [5.41, 5.74) is 3.11. The Morgan fingerprint density at radius 3 is 3.21 bits per heavy atom. The molecule has 3 aromatic heterocycles. The average molecular weight is 340 g/mol. The van der Waals surface area contributed by atoms with Crippen LogP contribution in [-0.4, -0.2) is 50.9 Å². The molecule has 0 bridgehead atoms. The van der Waals surface area contributed by atoms with Crippen molar-refractivity contribution < 1.29 is 4.79 Å². The smallest absolute Gasteiger partial charge is 0.232 e. The Labute approximate surface area is 144 Å². The van der Waals surface area contributed by atoms with Crippen LogP contribution in [0.1, 0.15) is 24.3 Å². The molecule has 124 valence electrons. The van der Waals surface area contributed by atoms with E-state index in [9.17, 15) is 4.79 Å². The van der Waals surface area contributed by atoms with Gasteiger partial charge < -0.3 is 9.88 Å². The molecule has 24 heavy (non-hydrogen) atoms. The van der Waals surface area contributed by atoms with E-state index < -0.39 is 0 Å². The molecule has 0 radical (unpaired) electrons. The Morgan fingerprint density at radius 2 is 2.33 bits per heavy atom. The minimum Gasteiger partial charge on any atom is -0.360 e. The van der Waals surface area contributed by atoms with Gasteiger partial charge in [0.1, 0.15) is 0 Å². The van der Waals surface area contributed by atoms with Crippen molar-refractivity contribution in [3.05, 3.63) is 36.3 Å². The molecule has 4 rings (SSSR count). The molecule has 1 N–H and O–H groups in total. The summed E-state index contributed by atoms with van der Waals surface area (Å²) in [6, 6.07) is 4.18. The number of aromatic nitrogens is 3. The number of amides is 1. The highest BCUT2D eigenvalue weighted by molar-refractivity contribution is 7.99. The number of fused-ring (bicyclic) bond motifs is 3. The lowest BCUT2D eigenvalue weighted by Crippen LogP contribution is -2.40. The lowest BCUT2D eigenvalue weighted by atomic mass is 9.88. The summed E-state index contributed by atoms with van der Waals surface area (Å²) in [5, 5.41) is 2.29. The molecular formula is C18H20N4OS. The fraction of sp³-hybridized carbons (Fsp3) is 0.389. The summed E-state index contributed by atoms with van der Waals surface area (Å²) in [5.74, 6) is 1.18. The third kappa shape index (κ3) is 2.65. The topological polar surface area (TPSA) is 61.9 Å². The van der Waals surface area contributed by atoms with Crippen molar-refractivity contribution in [1.82, 2.24) is 19.9 Å². The van der Waals surface area contributed by atoms with Gasteiger partial charge >= 0.3 is 0 Å². The van der Waals surface area contributed by atoms with Crippen molar-refractivity contribution in [2.75, 3.05) is 25.1 Å². The van der Waals surface area contributed by atoms with Crippen molar-refractivity contribution in [2.24, 2.45) is 0 Å². The molecular weight excluding hydrogens is 320 g/mol. The van der Waals surface area contributed by atoms with Crippen molar-refractivity contribution in [2.45, 2.75) is 18.8 Å². The minimum absolute atomic E-state index is 0.251. The standard InChI is InChI=1S/C18H20N4OS/c1-24-11-16(23)22-8-2-3-12(10-22)13-4-6-19-15-9-21-18-14(17(13)15)5-7-20-18/h4-7,9,12,19H,2-3,8,10-11H2,1H3. The highest BCUT2D eigenvalue weighted by Crippen LogP contribution is 2.34. The number of likely N-dealkylation sites (tertiary alicyclic amines) is 1. The maximum absolute atomic E-state index is 12.3. The number of pyridine rings is 2. The Balaban J connectivity index is 1.75. The molecule has 4 heterocycles. The molecule has 1 saturated heterocycles. The predicted molar refractivity (Wildman–Crippen MR) is 98.3 cm³/mol.